The summed E-state index contributed by atoms with van der Waals surface area (Å²) in [7, 11) is 0. The van der Waals surface area contributed by atoms with Crippen LogP contribution in [-0.4, -0.2) is 0 Å². The molecule has 6 aromatic carbocycles. The molecule has 208 valence electrons. The molecule has 3 heteroatoms. The Morgan fingerprint density at radius 1 is 0.455 bits per heavy atom. The Labute approximate surface area is 258 Å². The standard InChI is InChI=1S/C41H29N3/c1-41(2)39-6-4-3-5-37(39)38-24-17-33(25-40(38)41)32-15-22-36(23-16-32)44(34-18-9-29(27-43)10-19-34)35-20-13-31(14-21-35)30-11-7-28(26-42)8-12-30/h3-25H,1-2H3. The molecule has 0 saturated heterocycles. The Morgan fingerprint density at radius 2 is 0.864 bits per heavy atom. The highest BCUT2D eigenvalue weighted by atomic mass is 15.1. The molecular weight excluding hydrogens is 534 g/mol. The molecule has 0 radical (unpaired) electrons. The maximum atomic E-state index is 9.37. The fourth-order valence-electron chi connectivity index (χ4n) is 6.36. The Balaban J connectivity index is 1.24. The number of fused-ring (bicyclic) bond motifs is 3. The molecule has 0 heterocycles. The van der Waals surface area contributed by atoms with Crippen molar-refractivity contribution in [3.05, 3.63) is 162 Å². The van der Waals surface area contributed by atoms with Gasteiger partial charge in [-0.3, -0.25) is 0 Å². The monoisotopic (exact) mass is 563 g/mol. The molecule has 0 fully saturated rings. The molecule has 3 nitrogen and oxygen atoms in total. The third kappa shape index (κ3) is 4.62. The Hall–Kier alpha value is -5.90. The van der Waals surface area contributed by atoms with E-state index in [0.29, 0.717) is 11.1 Å². The van der Waals surface area contributed by atoms with Gasteiger partial charge >= 0.3 is 0 Å². The van der Waals surface area contributed by atoms with Crippen molar-refractivity contribution in [1.29, 1.82) is 10.5 Å². The molecule has 0 unspecified atom stereocenters. The van der Waals surface area contributed by atoms with Gasteiger partial charge in [0.25, 0.3) is 0 Å². The van der Waals surface area contributed by atoms with Gasteiger partial charge < -0.3 is 4.90 Å². The van der Waals surface area contributed by atoms with Gasteiger partial charge in [0.2, 0.25) is 0 Å². The van der Waals surface area contributed by atoms with Crippen molar-refractivity contribution >= 4 is 17.1 Å². The van der Waals surface area contributed by atoms with Crippen LogP contribution >= 0.6 is 0 Å². The van der Waals surface area contributed by atoms with Crippen LogP contribution < -0.4 is 4.90 Å². The van der Waals surface area contributed by atoms with Gasteiger partial charge in [-0.1, -0.05) is 86.6 Å². The summed E-state index contributed by atoms with van der Waals surface area (Å²) < 4.78 is 0. The average molecular weight is 564 g/mol. The van der Waals surface area contributed by atoms with Crippen LogP contribution in [0, 0.1) is 22.7 Å². The van der Waals surface area contributed by atoms with Crippen LogP contribution in [0.5, 0.6) is 0 Å². The summed E-state index contributed by atoms with van der Waals surface area (Å²) in [5.41, 5.74) is 14.1. The number of rotatable bonds is 5. The SMILES string of the molecule is CC1(C)c2ccccc2-c2ccc(-c3ccc(N(c4ccc(C#N)cc4)c4ccc(-c5ccc(C#N)cc5)cc4)cc3)cc21. The minimum absolute atomic E-state index is 0.0435. The van der Waals surface area contributed by atoms with Gasteiger partial charge in [0, 0.05) is 22.5 Å². The molecule has 0 bridgehead atoms. The molecule has 0 atom stereocenters. The van der Waals surface area contributed by atoms with Crippen LogP contribution in [0.3, 0.4) is 0 Å². The summed E-state index contributed by atoms with van der Waals surface area (Å²) in [6, 6.07) is 52.4. The van der Waals surface area contributed by atoms with Gasteiger partial charge in [-0.15, -0.1) is 0 Å². The largest absolute Gasteiger partial charge is 0.311 e. The van der Waals surface area contributed by atoms with Crippen molar-refractivity contribution in [1.82, 2.24) is 0 Å². The molecule has 1 aliphatic rings. The first-order valence-electron chi connectivity index (χ1n) is 14.7. The van der Waals surface area contributed by atoms with Crippen LogP contribution in [0.4, 0.5) is 17.1 Å². The Morgan fingerprint density at radius 3 is 1.41 bits per heavy atom. The predicted molar refractivity (Wildman–Crippen MR) is 179 cm³/mol. The van der Waals surface area contributed by atoms with Gasteiger partial charge in [-0.05, 0) is 111 Å². The molecule has 0 spiro atoms. The lowest BCUT2D eigenvalue weighted by molar-refractivity contribution is 0.660. The summed E-state index contributed by atoms with van der Waals surface area (Å²) in [6.45, 7) is 4.62. The van der Waals surface area contributed by atoms with Gasteiger partial charge in [-0.2, -0.15) is 10.5 Å². The predicted octanol–water partition coefficient (Wildman–Crippen LogP) is 10.5. The third-order valence-electron chi connectivity index (χ3n) is 8.77. The van der Waals surface area contributed by atoms with E-state index in [1.807, 2.05) is 48.5 Å². The second-order valence-corrected chi connectivity index (χ2v) is 11.7. The van der Waals surface area contributed by atoms with Crippen LogP contribution in [0.1, 0.15) is 36.1 Å². The molecule has 0 aromatic heterocycles. The average Bonchev–Trinajstić information content (AvgIpc) is 3.31. The molecule has 0 saturated carbocycles. The smallest absolute Gasteiger partial charge is 0.0991 e. The third-order valence-corrected chi connectivity index (χ3v) is 8.77. The molecule has 6 aromatic rings. The second-order valence-electron chi connectivity index (χ2n) is 11.7. The van der Waals surface area contributed by atoms with Crippen LogP contribution in [0.25, 0.3) is 33.4 Å². The minimum Gasteiger partial charge on any atom is -0.311 e. The van der Waals surface area contributed by atoms with E-state index in [4.69, 9.17) is 5.26 Å². The van der Waals surface area contributed by atoms with Gasteiger partial charge in [0.15, 0.2) is 0 Å². The number of anilines is 3. The summed E-state index contributed by atoms with van der Waals surface area (Å²) >= 11 is 0. The first-order valence-corrected chi connectivity index (χ1v) is 14.7. The van der Waals surface area contributed by atoms with E-state index >= 15 is 0 Å². The van der Waals surface area contributed by atoms with Crippen molar-refractivity contribution < 1.29 is 0 Å². The zero-order chi connectivity index (χ0) is 30.3. The van der Waals surface area contributed by atoms with Crippen molar-refractivity contribution in [2.75, 3.05) is 4.90 Å². The highest BCUT2D eigenvalue weighted by Crippen LogP contribution is 2.49. The Kier molecular flexibility index (Phi) is 6.58. The number of nitrogens with zero attached hydrogens (tertiary/aromatic N) is 3. The second kappa shape index (κ2) is 10.7. The number of benzene rings is 6. The lowest BCUT2D eigenvalue weighted by Gasteiger charge is -2.26. The van der Waals surface area contributed by atoms with E-state index in [1.165, 1.54) is 33.4 Å². The lowest BCUT2D eigenvalue weighted by atomic mass is 9.81. The molecule has 1 aliphatic carbocycles. The molecule has 7 rings (SSSR count). The maximum Gasteiger partial charge on any atom is 0.0991 e. The first-order chi connectivity index (χ1) is 21.5. The summed E-state index contributed by atoms with van der Waals surface area (Å²) in [4.78, 5) is 2.20. The fourth-order valence-corrected chi connectivity index (χ4v) is 6.36. The number of hydrogen-bond donors (Lipinski definition) is 0. The summed E-state index contributed by atoms with van der Waals surface area (Å²) in [6.07, 6.45) is 0. The number of nitriles is 2. The van der Waals surface area contributed by atoms with Crippen LogP contribution in [0.2, 0.25) is 0 Å². The van der Waals surface area contributed by atoms with Gasteiger partial charge in [0.05, 0.1) is 23.3 Å². The molecule has 0 amide bonds. The fraction of sp³-hybridized carbons (Fsp3) is 0.0732. The van der Waals surface area contributed by atoms with E-state index < -0.39 is 0 Å². The Bertz CT molecular complexity index is 2070. The minimum atomic E-state index is -0.0435. The molecule has 0 aliphatic heterocycles. The molecule has 0 N–H and O–H groups in total. The highest BCUT2D eigenvalue weighted by molar-refractivity contribution is 5.84. The zero-order valence-corrected chi connectivity index (χ0v) is 24.6. The van der Waals surface area contributed by atoms with E-state index in [0.717, 1.165) is 28.2 Å². The first kappa shape index (κ1) is 27.0. The van der Waals surface area contributed by atoms with Crippen molar-refractivity contribution in [2.45, 2.75) is 19.3 Å². The molecule has 44 heavy (non-hydrogen) atoms. The quantitative estimate of drug-likeness (QED) is 0.210. The highest BCUT2D eigenvalue weighted by Gasteiger charge is 2.35. The van der Waals surface area contributed by atoms with Gasteiger partial charge in [0.1, 0.15) is 0 Å². The maximum absolute atomic E-state index is 9.37. The van der Waals surface area contributed by atoms with E-state index in [-0.39, 0.29) is 5.41 Å². The van der Waals surface area contributed by atoms with Crippen molar-refractivity contribution in [2.24, 2.45) is 0 Å². The van der Waals surface area contributed by atoms with Crippen molar-refractivity contribution in [3.63, 3.8) is 0 Å². The topological polar surface area (TPSA) is 50.8 Å². The molecular formula is C41H29N3. The van der Waals surface area contributed by atoms with E-state index in [1.54, 1.807) is 0 Å². The lowest BCUT2D eigenvalue weighted by Crippen LogP contribution is -2.14. The van der Waals surface area contributed by atoms with E-state index in [2.05, 4.69) is 122 Å². The summed E-state index contributed by atoms with van der Waals surface area (Å²) in [5.74, 6) is 0. The van der Waals surface area contributed by atoms with Crippen molar-refractivity contribution in [3.8, 4) is 45.5 Å². The summed E-state index contributed by atoms with van der Waals surface area (Å²) in [5, 5.41) is 18.5. The zero-order valence-electron chi connectivity index (χ0n) is 24.6. The van der Waals surface area contributed by atoms with Crippen LogP contribution in [0.15, 0.2) is 140 Å². The van der Waals surface area contributed by atoms with E-state index in [9.17, 15) is 5.26 Å². The normalized spacial score (nSPS) is 12.5. The number of hydrogen-bond acceptors (Lipinski definition) is 3. The van der Waals surface area contributed by atoms with Gasteiger partial charge in [-0.25, -0.2) is 0 Å². The van der Waals surface area contributed by atoms with Crippen LogP contribution in [-0.2, 0) is 5.41 Å².